The second kappa shape index (κ2) is 4.28. The molecule has 4 nitrogen and oxygen atoms in total. The number of amides is 1. The van der Waals surface area contributed by atoms with Gasteiger partial charge in [0.15, 0.2) is 0 Å². The van der Waals surface area contributed by atoms with Crippen LogP contribution < -0.4 is 10.6 Å². The molecule has 2 aliphatic rings. The van der Waals surface area contributed by atoms with Gasteiger partial charge < -0.3 is 15.7 Å². The van der Waals surface area contributed by atoms with Crippen LogP contribution in [0, 0.1) is 0 Å². The first-order chi connectivity index (χ1) is 6.75. The van der Waals surface area contributed by atoms with Crippen molar-refractivity contribution in [2.75, 3.05) is 6.54 Å². The predicted molar refractivity (Wildman–Crippen MR) is 52.8 cm³/mol. The minimum atomic E-state index is -0.260. The molecule has 0 aliphatic heterocycles. The van der Waals surface area contributed by atoms with E-state index in [9.17, 15) is 9.90 Å². The molecule has 2 unspecified atom stereocenters. The highest BCUT2D eigenvalue weighted by Crippen LogP contribution is 2.19. The first-order valence-electron chi connectivity index (χ1n) is 5.46. The van der Waals surface area contributed by atoms with Crippen LogP contribution in [0.4, 0.5) is 0 Å². The summed E-state index contributed by atoms with van der Waals surface area (Å²) in [5.74, 6) is 0.0617. The summed E-state index contributed by atoms with van der Waals surface area (Å²) in [5, 5.41) is 15.5. The van der Waals surface area contributed by atoms with Crippen LogP contribution in [0.3, 0.4) is 0 Å². The lowest BCUT2D eigenvalue weighted by Crippen LogP contribution is -2.42. The van der Waals surface area contributed by atoms with Crippen molar-refractivity contribution >= 4 is 5.91 Å². The van der Waals surface area contributed by atoms with E-state index in [-0.39, 0.29) is 18.1 Å². The Labute approximate surface area is 84.1 Å². The Hall–Kier alpha value is -0.610. The van der Waals surface area contributed by atoms with Gasteiger partial charge in [-0.3, -0.25) is 4.79 Å². The maximum Gasteiger partial charge on any atom is 0.234 e. The van der Waals surface area contributed by atoms with E-state index in [1.165, 1.54) is 0 Å². The van der Waals surface area contributed by atoms with Crippen LogP contribution in [0.2, 0.25) is 0 Å². The van der Waals surface area contributed by atoms with E-state index in [2.05, 4.69) is 10.6 Å². The summed E-state index contributed by atoms with van der Waals surface area (Å²) in [7, 11) is 0. The zero-order valence-corrected chi connectivity index (χ0v) is 8.33. The summed E-state index contributed by atoms with van der Waals surface area (Å²) in [6.07, 6.45) is 4.89. The number of carbonyl (C=O) groups is 1. The van der Waals surface area contributed by atoms with Crippen molar-refractivity contribution in [2.45, 2.75) is 50.3 Å². The number of hydrogen-bond acceptors (Lipinski definition) is 3. The molecule has 80 valence electrons. The summed E-state index contributed by atoms with van der Waals surface area (Å²) < 4.78 is 0. The van der Waals surface area contributed by atoms with Crippen LogP contribution >= 0.6 is 0 Å². The Kier molecular flexibility index (Phi) is 3.03. The Morgan fingerprint density at radius 2 is 2.07 bits per heavy atom. The van der Waals surface area contributed by atoms with Gasteiger partial charge in [-0.05, 0) is 32.1 Å². The van der Waals surface area contributed by atoms with Crippen molar-refractivity contribution in [1.29, 1.82) is 0 Å². The molecule has 14 heavy (non-hydrogen) atoms. The van der Waals surface area contributed by atoms with Gasteiger partial charge in [-0.15, -0.1) is 0 Å². The minimum Gasteiger partial charge on any atom is -0.392 e. The van der Waals surface area contributed by atoms with Crippen LogP contribution in [-0.2, 0) is 4.79 Å². The predicted octanol–water partition coefficient (Wildman–Crippen LogP) is -0.232. The van der Waals surface area contributed by atoms with E-state index in [1.54, 1.807) is 0 Å². The molecule has 0 radical (unpaired) electrons. The topological polar surface area (TPSA) is 61.4 Å². The van der Waals surface area contributed by atoms with Crippen LogP contribution in [0.25, 0.3) is 0 Å². The third kappa shape index (κ3) is 2.69. The lowest BCUT2D eigenvalue weighted by molar-refractivity contribution is -0.120. The van der Waals surface area contributed by atoms with E-state index in [0.29, 0.717) is 12.6 Å². The van der Waals surface area contributed by atoms with Gasteiger partial charge in [-0.25, -0.2) is 0 Å². The molecule has 3 N–H and O–H groups in total. The first-order valence-corrected chi connectivity index (χ1v) is 5.46. The average molecular weight is 198 g/mol. The fraction of sp³-hybridized carbons (Fsp3) is 0.900. The van der Waals surface area contributed by atoms with Crippen LogP contribution in [-0.4, -0.2) is 35.7 Å². The van der Waals surface area contributed by atoms with Gasteiger partial charge in [0.2, 0.25) is 5.91 Å². The number of nitrogens with one attached hydrogen (secondary N) is 2. The van der Waals surface area contributed by atoms with Crippen molar-refractivity contribution in [1.82, 2.24) is 10.6 Å². The van der Waals surface area contributed by atoms with E-state index in [1.807, 2.05) is 0 Å². The Bertz CT molecular complexity index is 216. The van der Waals surface area contributed by atoms with Gasteiger partial charge in [0, 0.05) is 12.1 Å². The number of carbonyl (C=O) groups excluding carboxylic acids is 1. The Balaban J connectivity index is 1.62. The summed E-state index contributed by atoms with van der Waals surface area (Å²) in [4.78, 5) is 11.3. The third-order valence-electron chi connectivity index (χ3n) is 2.95. The number of hydrogen-bond donors (Lipinski definition) is 3. The lowest BCUT2D eigenvalue weighted by atomic mass is 10.2. The molecule has 2 saturated carbocycles. The monoisotopic (exact) mass is 198 g/mol. The lowest BCUT2D eigenvalue weighted by Gasteiger charge is -2.15. The number of aliphatic hydroxyl groups is 1. The standard InChI is InChI=1S/C10H18N2O2/c13-9-3-1-2-8(9)11-6-10(14)12-7-4-5-7/h7-9,11,13H,1-6H2,(H,12,14). The largest absolute Gasteiger partial charge is 0.392 e. The number of aliphatic hydroxyl groups excluding tert-OH is 1. The molecule has 0 bridgehead atoms. The van der Waals surface area contributed by atoms with Gasteiger partial charge >= 0.3 is 0 Å². The zero-order valence-electron chi connectivity index (χ0n) is 8.33. The molecule has 2 atom stereocenters. The van der Waals surface area contributed by atoms with Gasteiger partial charge in [-0.2, -0.15) is 0 Å². The Morgan fingerprint density at radius 1 is 1.29 bits per heavy atom. The molecule has 4 heteroatoms. The summed E-state index contributed by atoms with van der Waals surface area (Å²) in [5.41, 5.74) is 0. The first kappa shape index (κ1) is 9.93. The second-order valence-electron chi connectivity index (χ2n) is 4.33. The fourth-order valence-electron chi connectivity index (χ4n) is 1.91. The molecule has 2 fully saturated rings. The molecule has 1 amide bonds. The molecule has 0 saturated heterocycles. The third-order valence-corrected chi connectivity index (χ3v) is 2.95. The van der Waals surface area contributed by atoms with Crippen LogP contribution in [0.15, 0.2) is 0 Å². The van der Waals surface area contributed by atoms with Crippen molar-refractivity contribution in [3.8, 4) is 0 Å². The van der Waals surface area contributed by atoms with Crippen LogP contribution in [0.5, 0.6) is 0 Å². The maximum absolute atomic E-state index is 11.3. The van der Waals surface area contributed by atoms with Crippen molar-refractivity contribution < 1.29 is 9.90 Å². The summed E-state index contributed by atoms with van der Waals surface area (Å²) in [6.45, 7) is 0.345. The molecule has 2 rings (SSSR count). The summed E-state index contributed by atoms with van der Waals surface area (Å²) >= 11 is 0. The zero-order chi connectivity index (χ0) is 9.97. The molecule has 2 aliphatic carbocycles. The quantitative estimate of drug-likeness (QED) is 0.584. The summed E-state index contributed by atoms with van der Waals surface area (Å²) in [6, 6.07) is 0.553. The molecule has 0 spiro atoms. The Morgan fingerprint density at radius 3 is 2.64 bits per heavy atom. The molecular weight excluding hydrogens is 180 g/mol. The maximum atomic E-state index is 11.3. The van der Waals surface area contributed by atoms with E-state index < -0.39 is 0 Å². The van der Waals surface area contributed by atoms with Gasteiger partial charge in [0.1, 0.15) is 0 Å². The van der Waals surface area contributed by atoms with Crippen molar-refractivity contribution in [3.05, 3.63) is 0 Å². The average Bonchev–Trinajstić information content (AvgIpc) is 2.86. The normalized spacial score (nSPS) is 31.8. The molecule has 0 aromatic rings. The highest BCUT2D eigenvalue weighted by atomic mass is 16.3. The van der Waals surface area contributed by atoms with E-state index >= 15 is 0 Å². The molecular formula is C10H18N2O2. The minimum absolute atomic E-state index is 0.0617. The van der Waals surface area contributed by atoms with Crippen molar-refractivity contribution in [2.24, 2.45) is 0 Å². The SMILES string of the molecule is O=C(CNC1CCCC1O)NC1CC1. The number of rotatable bonds is 4. The molecule has 0 aromatic carbocycles. The van der Waals surface area contributed by atoms with E-state index in [4.69, 9.17) is 0 Å². The van der Waals surface area contributed by atoms with E-state index in [0.717, 1.165) is 32.1 Å². The van der Waals surface area contributed by atoms with Gasteiger partial charge in [-0.1, -0.05) is 0 Å². The second-order valence-corrected chi connectivity index (χ2v) is 4.33. The van der Waals surface area contributed by atoms with Crippen LogP contribution in [0.1, 0.15) is 32.1 Å². The highest BCUT2D eigenvalue weighted by molar-refractivity contribution is 5.78. The van der Waals surface area contributed by atoms with Crippen molar-refractivity contribution in [3.63, 3.8) is 0 Å². The molecule has 0 heterocycles. The van der Waals surface area contributed by atoms with Gasteiger partial charge in [0.25, 0.3) is 0 Å². The fourth-order valence-corrected chi connectivity index (χ4v) is 1.91. The van der Waals surface area contributed by atoms with Gasteiger partial charge in [0.05, 0.1) is 12.6 Å². The smallest absolute Gasteiger partial charge is 0.234 e. The highest BCUT2D eigenvalue weighted by Gasteiger charge is 2.26. The molecule has 0 aromatic heterocycles.